The smallest absolute Gasteiger partial charge is 0.120 e. The van der Waals surface area contributed by atoms with Crippen molar-refractivity contribution in [2.45, 2.75) is 45.9 Å². The lowest BCUT2D eigenvalue weighted by Gasteiger charge is -2.49. The Morgan fingerprint density at radius 3 is 2.72 bits per heavy atom. The second-order valence-corrected chi connectivity index (χ2v) is 5.82. The van der Waals surface area contributed by atoms with Gasteiger partial charge in [0.2, 0.25) is 0 Å². The Morgan fingerprint density at radius 1 is 1.61 bits per heavy atom. The molecule has 0 spiro atoms. The van der Waals surface area contributed by atoms with Gasteiger partial charge in [-0.1, -0.05) is 13.8 Å². The van der Waals surface area contributed by atoms with Crippen molar-refractivity contribution >= 4 is 0 Å². The van der Waals surface area contributed by atoms with E-state index < -0.39 is 0 Å². The van der Waals surface area contributed by atoms with Crippen molar-refractivity contribution in [1.82, 2.24) is 9.88 Å². The Kier molecular flexibility index (Phi) is 3.22. The van der Waals surface area contributed by atoms with Crippen molar-refractivity contribution in [3.63, 3.8) is 0 Å². The molecular formula is C14H21N3O. The molecule has 2 unspecified atom stereocenters. The predicted octanol–water partition coefficient (Wildman–Crippen LogP) is 1.45. The van der Waals surface area contributed by atoms with Crippen LogP contribution >= 0.6 is 0 Å². The van der Waals surface area contributed by atoms with Crippen LogP contribution in [0.3, 0.4) is 0 Å². The van der Waals surface area contributed by atoms with Crippen molar-refractivity contribution in [2.24, 2.45) is 12.5 Å². The number of hydrogen-bond acceptors (Lipinski definition) is 3. The van der Waals surface area contributed by atoms with Crippen molar-refractivity contribution in [2.75, 3.05) is 0 Å². The zero-order chi connectivity index (χ0) is 13.5. The Bertz CT molecular complexity index is 496. The fourth-order valence-electron chi connectivity index (χ4n) is 2.53. The lowest BCUT2D eigenvalue weighted by Crippen LogP contribution is -2.59. The number of hydrogen-bond donors (Lipinski definition) is 2. The zero-order valence-electron chi connectivity index (χ0n) is 11.5. The first-order valence-electron chi connectivity index (χ1n) is 6.34. The van der Waals surface area contributed by atoms with E-state index in [4.69, 9.17) is 5.26 Å². The molecule has 1 aromatic heterocycles. The topological polar surface area (TPSA) is 61.0 Å². The summed E-state index contributed by atoms with van der Waals surface area (Å²) in [5.74, 6) is 0. The van der Waals surface area contributed by atoms with Crippen LogP contribution in [0.4, 0.5) is 0 Å². The minimum Gasteiger partial charge on any atom is -0.392 e. The van der Waals surface area contributed by atoms with E-state index in [1.54, 1.807) is 0 Å². The number of nitrogens with one attached hydrogen (secondary N) is 1. The first-order chi connectivity index (χ1) is 8.37. The van der Waals surface area contributed by atoms with Crippen LogP contribution in [-0.2, 0) is 13.6 Å². The highest BCUT2D eigenvalue weighted by Gasteiger charge is 2.46. The first-order valence-corrected chi connectivity index (χ1v) is 6.34. The van der Waals surface area contributed by atoms with Gasteiger partial charge in [0.05, 0.1) is 6.10 Å². The fraction of sp³-hybridized carbons (Fsp3) is 0.643. The average Bonchev–Trinajstić information content (AvgIpc) is 2.61. The molecule has 0 radical (unpaired) electrons. The van der Waals surface area contributed by atoms with E-state index in [0.29, 0.717) is 11.7 Å². The highest BCUT2D eigenvalue weighted by Crippen LogP contribution is 2.40. The minimum atomic E-state index is -0.207. The van der Waals surface area contributed by atoms with Gasteiger partial charge in [0.15, 0.2) is 0 Å². The summed E-state index contributed by atoms with van der Waals surface area (Å²) in [6, 6.07) is 4.47. The molecule has 1 fully saturated rings. The molecule has 4 heteroatoms. The van der Waals surface area contributed by atoms with E-state index in [0.717, 1.165) is 24.2 Å². The van der Waals surface area contributed by atoms with E-state index in [1.807, 2.05) is 24.6 Å². The quantitative estimate of drug-likeness (QED) is 0.850. The maximum atomic E-state index is 9.70. The number of nitrogens with zero attached hydrogens (tertiary/aromatic N) is 2. The van der Waals surface area contributed by atoms with Crippen LogP contribution in [0.15, 0.2) is 6.07 Å². The summed E-state index contributed by atoms with van der Waals surface area (Å²) in [6.45, 7) is 6.94. The number of aromatic nitrogens is 1. The third kappa shape index (κ3) is 1.94. The van der Waals surface area contributed by atoms with Crippen LogP contribution in [0.1, 0.15) is 37.2 Å². The van der Waals surface area contributed by atoms with Crippen molar-refractivity contribution in [3.05, 3.63) is 23.0 Å². The lowest BCUT2D eigenvalue weighted by molar-refractivity contribution is -0.0730. The van der Waals surface area contributed by atoms with E-state index >= 15 is 0 Å². The Morgan fingerprint density at radius 2 is 2.28 bits per heavy atom. The Labute approximate surface area is 108 Å². The summed E-state index contributed by atoms with van der Waals surface area (Å²) < 4.78 is 1.91. The summed E-state index contributed by atoms with van der Waals surface area (Å²) in [5.41, 5.74) is 2.92. The van der Waals surface area contributed by atoms with Gasteiger partial charge in [-0.15, -0.1) is 0 Å². The molecule has 0 aliphatic heterocycles. The van der Waals surface area contributed by atoms with Crippen LogP contribution in [0.5, 0.6) is 0 Å². The molecule has 0 saturated heterocycles. The first kappa shape index (κ1) is 13.1. The van der Waals surface area contributed by atoms with E-state index in [1.165, 1.54) is 0 Å². The highest BCUT2D eigenvalue weighted by atomic mass is 16.3. The van der Waals surface area contributed by atoms with Crippen molar-refractivity contribution in [3.8, 4) is 6.07 Å². The predicted molar refractivity (Wildman–Crippen MR) is 69.9 cm³/mol. The SMILES string of the molecule is Cc1c(CNC2CC(O)C2(C)C)cc(C#N)n1C. The molecule has 4 nitrogen and oxygen atoms in total. The van der Waals surface area contributed by atoms with Crippen LogP contribution in [-0.4, -0.2) is 21.8 Å². The molecule has 18 heavy (non-hydrogen) atoms. The maximum Gasteiger partial charge on any atom is 0.120 e. The van der Waals surface area contributed by atoms with E-state index in [9.17, 15) is 5.11 Å². The Balaban J connectivity index is 2.02. The zero-order valence-corrected chi connectivity index (χ0v) is 11.5. The summed E-state index contributed by atoms with van der Waals surface area (Å²) in [4.78, 5) is 0. The molecule has 0 aromatic carbocycles. The number of nitriles is 1. The van der Waals surface area contributed by atoms with Crippen molar-refractivity contribution < 1.29 is 5.11 Å². The van der Waals surface area contributed by atoms with Gasteiger partial charge in [0, 0.05) is 30.7 Å². The molecule has 98 valence electrons. The normalized spacial score (nSPS) is 25.6. The van der Waals surface area contributed by atoms with Gasteiger partial charge < -0.3 is 15.0 Å². The standard InChI is InChI=1S/C14H21N3O/c1-9-10(5-11(7-15)17(9)4)8-16-12-6-13(18)14(12,2)3/h5,12-13,16,18H,6,8H2,1-4H3. The molecule has 1 heterocycles. The van der Waals surface area contributed by atoms with Crippen molar-refractivity contribution in [1.29, 1.82) is 5.26 Å². The average molecular weight is 247 g/mol. The molecule has 1 aliphatic carbocycles. The van der Waals surface area contributed by atoms with Gasteiger partial charge in [-0.05, 0) is 25.0 Å². The molecular weight excluding hydrogens is 226 g/mol. The molecule has 1 aromatic rings. The van der Waals surface area contributed by atoms with Crippen LogP contribution < -0.4 is 5.32 Å². The second kappa shape index (κ2) is 4.42. The van der Waals surface area contributed by atoms with Gasteiger partial charge in [-0.2, -0.15) is 5.26 Å². The third-order valence-electron chi connectivity index (χ3n) is 4.51. The molecule has 2 rings (SSSR count). The van der Waals surface area contributed by atoms with Gasteiger partial charge in [0.1, 0.15) is 11.8 Å². The second-order valence-electron chi connectivity index (χ2n) is 5.82. The van der Waals surface area contributed by atoms with Crippen LogP contribution in [0.2, 0.25) is 0 Å². The van der Waals surface area contributed by atoms with E-state index in [-0.39, 0.29) is 11.5 Å². The lowest BCUT2D eigenvalue weighted by atomic mass is 9.64. The number of aliphatic hydroxyl groups excluding tert-OH is 1. The molecule has 0 bridgehead atoms. The number of rotatable bonds is 3. The molecule has 2 atom stereocenters. The fourth-order valence-corrected chi connectivity index (χ4v) is 2.53. The van der Waals surface area contributed by atoms with Gasteiger partial charge in [-0.3, -0.25) is 0 Å². The summed E-state index contributed by atoms with van der Waals surface area (Å²) in [5, 5.41) is 22.2. The van der Waals surface area contributed by atoms with Gasteiger partial charge >= 0.3 is 0 Å². The largest absolute Gasteiger partial charge is 0.392 e. The molecule has 0 amide bonds. The van der Waals surface area contributed by atoms with Crippen LogP contribution in [0, 0.1) is 23.7 Å². The molecule has 2 N–H and O–H groups in total. The molecule has 1 saturated carbocycles. The monoisotopic (exact) mass is 247 g/mol. The minimum absolute atomic E-state index is 0.0548. The van der Waals surface area contributed by atoms with Crippen LogP contribution in [0.25, 0.3) is 0 Å². The van der Waals surface area contributed by atoms with Gasteiger partial charge in [0.25, 0.3) is 0 Å². The summed E-state index contributed by atoms with van der Waals surface area (Å²) in [7, 11) is 1.91. The van der Waals surface area contributed by atoms with Gasteiger partial charge in [-0.25, -0.2) is 0 Å². The molecule has 1 aliphatic rings. The highest BCUT2D eigenvalue weighted by molar-refractivity contribution is 5.34. The summed E-state index contributed by atoms with van der Waals surface area (Å²) in [6.07, 6.45) is 0.603. The number of aliphatic hydroxyl groups is 1. The Hall–Kier alpha value is -1.31. The third-order valence-corrected chi connectivity index (χ3v) is 4.51. The van der Waals surface area contributed by atoms with E-state index in [2.05, 4.69) is 25.2 Å². The maximum absolute atomic E-state index is 9.70. The summed E-state index contributed by atoms with van der Waals surface area (Å²) >= 11 is 0.